The molecule has 2 heterocycles. The Kier molecular flexibility index (Phi) is 3.63. The van der Waals surface area contributed by atoms with Crippen molar-refractivity contribution in [1.82, 2.24) is 9.78 Å². The first-order chi connectivity index (χ1) is 7.20. The van der Waals surface area contributed by atoms with Crippen LogP contribution in [0.5, 0.6) is 0 Å². The van der Waals surface area contributed by atoms with Gasteiger partial charge in [0.1, 0.15) is 5.02 Å². The minimum Gasteiger partial charge on any atom is -0.356 e. The summed E-state index contributed by atoms with van der Waals surface area (Å²) in [6.45, 7) is 0.683. The van der Waals surface area contributed by atoms with Crippen LogP contribution in [-0.4, -0.2) is 16.4 Å². The summed E-state index contributed by atoms with van der Waals surface area (Å²) in [7, 11) is 0. The molecule has 0 bridgehead atoms. The van der Waals surface area contributed by atoms with Gasteiger partial charge in [-0.15, -0.1) is 0 Å². The number of ether oxygens (including phenoxy) is 1. The summed E-state index contributed by atoms with van der Waals surface area (Å²) in [6, 6.07) is 0. The highest BCUT2D eigenvalue weighted by molar-refractivity contribution is 14.1. The van der Waals surface area contributed by atoms with Gasteiger partial charge >= 0.3 is 0 Å². The third-order valence-electron chi connectivity index (χ3n) is 2.33. The zero-order chi connectivity index (χ0) is 10.8. The number of hydrogen-bond donors (Lipinski definition) is 0. The molecule has 1 aliphatic heterocycles. The summed E-state index contributed by atoms with van der Waals surface area (Å²) in [5.74, 6) is 0. The Balaban J connectivity index is 2.35. The number of aromatic nitrogens is 2. The molecule has 0 aliphatic carbocycles. The lowest BCUT2D eigenvalue weighted by Gasteiger charge is -2.23. The molecule has 1 atom stereocenters. The Labute approximate surface area is 106 Å². The van der Waals surface area contributed by atoms with Crippen molar-refractivity contribution in [3.05, 3.63) is 25.1 Å². The maximum Gasteiger partial charge on any atom is 0.289 e. The third kappa shape index (κ3) is 2.34. The van der Waals surface area contributed by atoms with Gasteiger partial charge in [0.2, 0.25) is 0 Å². The van der Waals surface area contributed by atoms with Gasteiger partial charge in [-0.3, -0.25) is 4.79 Å². The van der Waals surface area contributed by atoms with E-state index in [9.17, 15) is 4.79 Å². The zero-order valence-electron chi connectivity index (χ0n) is 7.95. The molecule has 1 fully saturated rings. The second-order valence-electron chi connectivity index (χ2n) is 3.38. The minimum absolute atomic E-state index is 0.222. The predicted octanol–water partition coefficient (Wildman–Crippen LogP) is 2.20. The smallest absolute Gasteiger partial charge is 0.289 e. The largest absolute Gasteiger partial charge is 0.356 e. The van der Waals surface area contributed by atoms with Crippen LogP contribution in [0.25, 0.3) is 0 Å². The summed E-state index contributed by atoms with van der Waals surface area (Å²) in [5, 5.41) is 4.27. The lowest BCUT2D eigenvalue weighted by molar-refractivity contribution is -0.0425. The molecular formula is C9H10ClIN2O2. The Morgan fingerprint density at radius 1 is 1.60 bits per heavy atom. The molecule has 0 aromatic carbocycles. The van der Waals surface area contributed by atoms with Crippen LogP contribution in [0, 0.1) is 3.57 Å². The molecule has 1 aromatic rings. The summed E-state index contributed by atoms with van der Waals surface area (Å²) < 4.78 is 7.49. The van der Waals surface area contributed by atoms with Crippen LogP contribution >= 0.6 is 34.2 Å². The topological polar surface area (TPSA) is 44.1 Å². The van der Waals surface area contributed by atoms with E-state index in [2.05, 4.69) is 5.10 Å². The highest BCUT2D eigenvalue weighted by atomic mass is 127. The van der Waals surface area contributed by atoms with E-state index in [1.165, 1.54) is 4.68 Å². The summed E-state index contributed by atoms with van der Waals surface area (Å²) in [5.41, 5.74) is -0.268. The molecule has 1 unspecified atom stereocenters. The van der Waals surface area contributed by atoms with Crippen molar-refractivity contribution < 1.29 is 4.74 Å². The molecule has 15 heavy (non-hydrogen) atoms. The Bertz CT molecular complexity index is 415. The molecule has 0 spiro atoms. The van der Waals surface area contributed by atoms with Crippen molar-refractivity contribution in [3.63, 3.8) is 0 Å². The predicted molar refractivity (Wildman–Crippen MR) is 65.1 cm³/mol. The summed E-state index contributed by atoms with van der Waals surface area (Å²) in [4.78, 5) is 11.8. The Hall–Kier alpha value is -0.140. The first kappa shape index (κ1) is 11.3. The van der Waals surface area contributed by atoms with E-state index in [-0.39, 0.29) is 16.8 Å². The lowest BCUT2D eigenvalue weighted by Crippen LogP contribution is -2.31. The molecule has 82 valence electrons. The van der Waals surface area contributed by atoms with Gasteiger partial charge in [0.25, 0.3) is 5.56 Å². The molecule has 0 amide bonds. The standard InChI is InChI=1S/C9H10ClIN2O2/c10-8-6(11)5-12-13(9(8)14)7-3-1-2-4-15-7/h5,7H,1-4H2. The van der Waals surface area contributed by atoms with Crippen LogP contribution < -0.4 is 5.56 Å². The highest BCUT2D eigenvalue weighted by Gasteiger charge is 2.19. The number of rotatable bonds is 1. The molecule has 1 aromatic heterocycles. The fourth-order valence-corrected chi connectivity index (χ4v) is 2.04. The van der Waals surface area contributed by atoms with E-state index in [1.54, 1.807) is 6.20 Å². The number of halogens is 2. The van der Waals surface area contributed by atoms with E-state index in [1.807, 2.05) is 22.6 Å². The van der Waals surface area contributed by atoms with Gasteiger partial charge in [-0.1, -0.05) is 11.6 Å². The maximum atomic E-state index is 11.8. The van der Waals surface area contributed by atoms with Gasteiger partial charge in [-0.2, -0.15) is 9.78 Å². The van der Waals surface area contributed by atoms with Crippen molar-refractivity contribution >= 4 is 34.2 Å². The van der Waals surface area contributed by atoms with Crippen LogP contribution in [0.4, 0.5) is 0 Å². The normalized spacial score (nSPS) is 21.6. The molecular weight excluding hydrogens is 330 g/mol. The molecule has 6 heteroatoms. The van der Waals surface area contributed by atoms with Crippen LogP contribution in [0.1, 0.15) is 25.5 Å². The van der Waals surface area contributed by atoms with E-state index in [0.717, 1.165) is 19.3 Å². The maximum absolute atomic E-state index is 11.8. The first-order valence-electron chi connectivity index (χ1n) is 4.74. The molecule has 1 saturated heterocycles. The van der Waals surface area contributed by atoms with Crippen molar-refractivity contribution in [3.8, 4) is 0 Å². The van der Waals surface area contributed by atoms with Gasteiger partial charge in [0, 0.05) is 6.61 Å². The average Bonchev–Trinajstić information content (AvgIpc) is 2.27. The Morgan fingerprint density at radius 2 is 2.40 bits per heavy atom. The van der Waals surface area contributed by atoms with Gasteiger partial charge in [0.15, 0.2) is 6.23 Å². The van der Waals surface area contributed by atoms with Gasteiger partial charge < -0.3 is 4.74 Å². The molecule has 0 N–H and O–H groups in total. The third-order valence-corrected chi connectivity index (χ3v) is 3.83. The molecule has 4 nitrogen and oxygen atoms in total. The summed E-state index contributed by atoms with van der Waals surface area (Å²) in [6.07, 6.45) is 4.26. The van der Waals surface area contributed by atoms with E-state index < -0.39 is 0 Å². The van der Waals surface area contributed by atoms with Crippen LogP contribution in [-0.2, 0) is 4.74 Å². The zero-order valence-corrected chi connectivity index (χ0v) is 10.9. The number of nitrogens with zero attached hydrogens (tertiary/aromatic N) is 2. The van der Waals surface area contributed by atoms with Gasteiger partial charge in [0.05, 0.1) is 9.77 Å². The quantitative estimate of drug-likeness (QED) is 0.736. The minimum atomic E-state index is -0.268. The fraction of sp³-hybridized carbons (Fsp3) is 0.556. The van der Waals surface area contributed by atoms with E-state index in [0.29, 0.717) is 10.2 Å². The Morgan fingerprint density at radius 3 is 3.07 bits per heavy atom. The lowest BCUT2D eigenvalue weighted by atomic mass is 10.2. The molecule has 0 radical (unpaired) electrons. The van der Waals surface area contributed by atoms with Crippen molar-refractivity contribution in [2.24, 2.45) is 0 Å². The van der Waals surface area contributed by atoms with Gasteiger partial charge in [-0.25, -0.2) is 0 Å². The van der Waals surface area contributed by atoms with Crippen LogP contribution in [0.3, 0.4) is 0 Å². The van der Waals surface area contributed by atoms with Crippen molar-refractivity contribution in [2.45, 2.75) is 25.5 Å². The van der Waals surface area contributed by atoms with E-state index in [4.69, 9.17) is 16.3 Å². The summed E-state index contributed by atoms with van der Waals surface area (Å²) >= 11 is 7.85. The SMILES string of the molecule is O=c1c(Cl)c(I)cnn1C1CCCCO1. The monoisotopic (exact) mass is 340 g/mol. The molecule has 0 saturated carbocycles. The molecule has 1 aliphatic rings. The van der Waals surface area contributed by atoms with Crippen molar-refractivity contribution in [2.75, 3.05) is 6.61 Å². The first-order valence-corrected chi connectivity index (χ1v) is 6.20. The highest BCUT2D eigenvalue weighted by Crippen LogP contribution is 2.21. The van der Waals surface area contributed by atoms with E-state index >= 15 is 0 Å². The number of hydrogen-bond acceptors (Lipinski definition) is 3. The van der Waals surface area contributed by atoms with Crippen molar-refractivity contribution in [1.29, 1.82) is 0 Å². The second kappa shape index (κ2) is 4.80. The van der Waals surface area contributed by atoms with Crippen LogP contribution in [0.2, 0.25) is 5.02 Å². The van der Waals surface area contributed by atoms with Gasteiger partial charge in [-0.05, 0) is 41.9 Å². The second-order valence-corrected chi connectivity index (χ2v) is 4.92. The molecule has 2 rings (SSSR count). The fourth-order valence-electron chi connectivity index (χ4n) is 1.55. The van der Waals surface area contributed by atoms with Crippen LogP contribution in [0.15, 0.2) is 11.0 Å². The average molecular weight is 341 g/mol.